The molecule has 0 aliphatic carbocycles. The Morgan fingerprint density at radius 3 is 2.96 bits per heavy atom. The summed E-state index contributed by atoms with van der Waals surface area (Å²) in [5.74, 6) is -0.343. The van der Waals surface area contributed by atoms with Crippen molar-refractivity contribution in [3.8, 4) is 0 Å². The fourth-order valence-electron chi connectivity index (χ4n) is 3.41. The molecular formula is C17H24N4O3. The monoisotopic (exact) mass is 332 g/mol. The number of hydrogen-bond acceptors (Lipinski definition) is 6. The molecule has 0 radical (unpaired) electrons. The summed E-state index contributed by atoms with van der Waals surface area (Å²) in [6, 6.07) is 0. The fraction of sp³-hybridized carbons (Fsp3) is 0.588. The number of fused-ring (bicyclic) bond motifs is 1. The van der Waals surface area contributed by atoms with Crippen molar-refractivity contribution in [1.29, 1.82) is 0 Å². The van der Waals surface area contributed by atoms with Crippen LogP contribution in [0.3, 0.4) is 0 Å². The van der Waals surface area contributed by atoms with E-state index in [2.05, 4.69) is 15.0 Å². The molecule has 0 N–H and O–H groups in total. The van der Waals surface area contributed by atoms with Gasteiger partial charge in [-0.3, -0.25) is 4.68 Å². The first-order chi connectivity index (χ1) is 11.6. The summed E-state index contributed by atoms with van der Waals surface area (Å²) in [5, 5.41) is 5.39. The maximum atomic E-state index is 12.5. The van der Waals surface area contributed by atoms with Crippen molar-refractivity contribution in [3.05, 3.63) is 17.5 Å². The van der Waals surface area contributed by atoms with Gasteiger partial charge in [-0.05, 0) is 26.7 Å². The molecule has 2 aromatic heterocycles. The van der Waals surface area contributed by atoms with E-state index < -0.39 is 0 Å². The fourth-order valence-corrected chi connectivity index (χ4v) is 3.41. The lowest BCUT2D eigenvalue weighted by Crippen LogP contribution is -2.40. The first-order valence-corrected chi connectivity index (χ1v) is 8.34. The summed E-state index contributed by atoms with van der Waals surface area (Å²) < 4.78 is 12.5. The number of anilines is 1. The van der Waals surface area contributed by atoms with E-state index >= 15 is 0 Å². The van der Waals surface area contributed by atoms with E-state index in [4.69, 9.17) is 9.47 Å². The molecule has 1 atom stereocenters. The zero-order chi connectivity index (χ0) is 17.3. The van der Waals surface area contributed by atoms with Crippen LogP contribution in [-0.2, 0) is 16.5 Å². The molecule has 0 spiro atoms. The van der Waals surface area contributed by atoms with E-state index in [1.165, 1.54) is 0 Å². The lowest BCUT2D eigenvalue weighted by Gasteiger charge is -2.34. The lowest BCUT2D eigenvalue weighted by molar-refractivity contribution is 0.0525. The number of carbonyl (C=O) groups excluding carboxylic acids is 1. The maximum Gasteiger partial charge on any atom is 0.341 e. The van der Waals surface area contributed by atoms with Crippen LogP contribution in [0.2, 0.25) is 0 Å². The Balaban J connectivity index is 2.17. The summed E-state index contributed by atoms with van der Waals surface area (Å²) in [4.78, 5) is 19.1. The van der Waals surface area contributed by atoms with Crippen LogP contribution in [0.4, 0.5) is 5.69 Å². The topological polar surface area (TPSA) is 69.5 Å². The van der Waals surface area contributed by atoms with Crippen molar-refractivity contribution >= 4 is 22.7 Å². The number of rotatable bonds is 4. The zero-order valence-electron chi connectivity index (χ0n) is 14.7. The van der Waals surface area contributed by atoms with Gasteiger partial charge in [0, 0.05) is 33.4 Å². The van der Waals surface area contributed by atoms with Gasteiger partial charge in [-0.15, -0.1) is 0 Å². The Kier molecular flexibility index (Phi) is 4.71. The highest BCUT2D eigenvalue weighted by molar-refractivity contribution is 6.05. The summed E-state index contributed by atoms with van der Waals surface area (Å²) in [6.45, 7) is 5.71. The summed E-state index contributed by atoms with van der Waals surface area (Å²) in [6.07, 6.45) is 3.81. The van der Waals surface area contributed by atoms with Gasteiger partial charge < -0.3 is 14.4 Å². The average Bonchev–Trinajstić information content (AvgIpc) is 2.88. The van der Waals surface area contributed by atoms with Gasteiger partial charge in [0.25, 0.3) is 0 Å². The summed E-state index contributed by atoms with van der Waals surface area (Å²) >= 11 is 0. The number of piperidine rings is 1. The molecule has 24 heavy (non-hydrogen) atoms. The number of esters is 1. The number of carbonyl (C=O) groups is 1. The second-order valence-corrected chi connectivity index (χ2v) is 6.09. The Morgan fingerprint density at radius 1 is 1.46 bits per heavy atom. The number of hydrogen-bond donors (Lipinski definition) is 0. The van der Waals surface area contributed by atoms with E-state index in [1.54, 1.807) is 24.9 Å². The second kappa shape index (κ2) is 6.76. The van der Waals surface area contributed by atoms with Crippen LogP contribution in [-0.4, -0.2) is 53.6 Å². The SMILES string of the molecule is CCOC(=O)c1cnc2c(c(C)nn2C)c1N1CCCC(OC)C1. The van der Waals surface area contributed by atoms with Gasteiger partial charge in [-0.25, -0.2) is 9.78 Å². The largest absolute Gasteiger partial charge is 0.462 e. The number of ether oxygens (including phenoxy) is 2. The van der Waals surface area contributed by atoms with Gasteiger partial charge in [-0.2, -0.15) is 5.10 Å². The van der Waals surface area contributed by atoms with Crippen LogP contribution >= 0.6 is 0 Å². The Bertz CT molecular complexity index is 756. The number of pyridine rings is 1. The summed E-state index contributed by atoms with van der Waals surface area (Å²) in [7, 11) is 3.60. The first-order valence-electron chi connectivity index (χ1n) is 8.34. The van der Waals surface area contributed by atoms with E-state index in [0.29, 0.717) is 12.2 Å². The predicted molar refractivity (Wildman–Crippen MR) is 91.4 cm³/mol. The van der Waals surface area contributed by atoms with E-state index in [1.807, 2.05) is 14.0 Å². The van der Waals surface area contributed by atoms with Crippen molar-refractivity contribution in [3.63, 3.8) is 0 Å². The minimum atomic E-state index is -0.343. The van der Waals surface area contributed by atoms with Crippen LogP contribution < -0.4 is 4.90 Å². The molecule has 0 bridgehead atoms. The molecule has 0 amide bonds. The molecule has 130 valence electrons. The van der Waals surface area contributed by atoms with E-state index in [9.17, 15) is 4.79 Å². The van der Waals surface area contributed by atoms with Gasteiger partial charge in [-0.1, -0.05) is 0 Å². The quantitative estimate of drug-likeness (QED) is 0.798. The third-order valence-corrected chi connectivity index (χ3v) is 4.52. The van der Waals surface area contributed by atoms with Crippen LogP contribution in [0.1, 0.15) is 35.8 Å². The van der Waals surface area contributed by atoms with Crippen molar-refractivity contribution < 1.29 is 14.3 Å². The normalized spacial score (nSPS) is 18.2. The van der Waals surface area contributed by atoms with Crippen molar-refractivity contribution in [2.24, 2.45) is 7.05 Å². The van der Waals surface area contributed by atoms with Gasteiger partial charge in [0.1, 0.15) is 5.56 Å². The molecule has 0 saturated carbocycles. The highest BCUT2D eigenvalue weighted by Gasteiger charge is 2.28. The molecule has 1 saturated heterocycles. The van der Waals surface area contributed by atoms with Crippen molar-refractivity contribution in [2.75, 3.05) is 31.7 Å². The molecule has 1 aliphatic heterocycles. The highest BCUT2D eigenvalue weighted by Crippen LogP contribution is 2.34. The minimum absolute atomic E-state index is 0.161. The third-order valence-electron chi connectivity index (χ3n) is 4.52. The molecule has 7 heteroatoms. The minimum Gasteiger partial charge on any atom is -0.462 e. The van der Waals surface area contributed by atoms with Crippen LogP contribution in [0.25, 0.3) is 11.0 Å². The van der Waals surface area contributed by atoms with Gasteiger partial charge in [0.2, 0.25) is 0 Å². The molecule has 3 rings (SSSR count). The van der Waals surface area contributed by atoms with Crippen molar-refractivity contribution in [1.82, 2.24) is 14.8 Å². The predicted octanol–water partition coefficient (Wildman–Crippen LogP) is 2.07. The second-order valence-electron chi connectivity index (χ2n) is 6.09. The molecule has 1 fully saturated rings. The van der Waals surface area contributed by atoms with Crippen LogP contribution in [0.5, 0.6) is 0 Å². The molecule has 1 unspecified atom stereocenters. The highest BCUT2D eigenvalue weighted by atomic mass is 16.5. The molecule has 1 aliphatic rings. The Morgan fingerprint density at radius 2 is 2.25 bits per heavy atom. The zero-order valence-corrected chi connectivity index (χ0v) is 14.7. The standard InChI is InChI=1S/C17H24N4O3/c1-5-24-17(22)13-9-18-16-14(11(2)19-20(16)3)15(13)21-8-6-7-12(10-21)23-4/h9,12H,5-8,10H2,1-4H3. The first kappa shape index (κ1) is 16.7. The Hall–Kier alpha value is -2.15. The van der Waals surface area contributed by atoms with Crippen LogP contribution in [0, 0.1) is 6.92 Å². The smallest absolute Gasteiger partial charge is 0.341 e. The third kappa shape index (κ3) is 2.84. The molecule has 7 nitrogen and oxygen atoms in total. The number of aromatic nitrogens is 3. The number of methoxy groups -OCH3 is 1. The Labute approximate surface area is 141 Å². The maximum absolute atomic E-state index is 12.5. The number of nitrogens with zero attached hydrogens (tertiary/aromatic N) is 4. The van der Waals surface area contributed by atoms with Gasteiger partial charge in [0.05, 0.1) is 29.5 Å². The lowest BCUT2D eigenvalue weighted by atomic mass is 10.0. The van der Waals surface area contributed by atoms with Crippen LogP contribution in [0.15, 0.2) is 6.20 Å². The van der Waals surface area contributed by atoms with Gasteiger partial charge in [0.15, 0.2) is 5.65 Å². The molecular weight excluding hydrogens is 308 g/mol. The van der Waals surface area contributed by atoms with Crippen molar-refractivity contribution in [2.45, 2.75) is 32.8 Å². The molecule has 2 aromatic rings. The van der Waals surface area contributed by atoms with E-state index in [0.717, 1.165) is 48.3 Å². The number of aryl methyl sites for hydroxylation is 2. The molecule has 0 aromatic carbocycles. The van der Waals surface area contributed by atoms with E-state index in [-0.39, 0.29) is 12.1 Å². The summed E-state index contributed by atoms with van der Waals surface area (Å²) in [5.41, 5.74) is 3.00. The van der Waals surface area contributed by atoms with Gasteiger partial charge >= 0.3 is 5.97 Å². The average molecular weight is 332 g/mol. The molecule has 3 heterocycles.